The van der Waals surface area contributed by atoms with Gasteiger partial charge in [-0.3, -0.25) is 9.69 Å². The predicted octanol–water partition coefficient (Wildman–Crippen LogP) is 0.236. The lowest BCUT2D eigenvalue weighted by atomic mass is 9.99. The zero-order valence-electron chi connectivity index (χ0n) is 14.5. The Morgan fingerprint density at radius 3 is 2.92 bits per heavy atom. The third-order valence-corrected chi connectivity index (χ3v) is 5.27. The maximum atomic E-state index is 12.8. The number of carbonyl (C=O) groups is 1. The van der Waals surface area contributed by atoms with Crippen molar-refractivity contribution in [1.82, 2.24) is 29.4 Å². The second kappa shape index (κ2) is 7.05. The van der Waals surface area contributed by atoms with Crippen molar-refractivity contribution in [1.29, 1.82) is 0 Å². The van der Waals surface area contributed by atoms with Gasteiger partial charge in [0.05, 0.1) is 19.6 Å². The minimum atomic E-state index is 0.102. The summed E-state index contributed by atoms with van der Waals surface area (Å²) in [6.07, 6.45) is 4.79. The maximum Gasteiger partial charge on any atom is 0.252 e. The molecule has 1 amide bonds. The number of morpholine rings is 1. The normalized spacial score (nSPS) is 24.9. The highest BCUT2D eigenvalue weighted by molar-refractivity contribution is 5.78. The summed E-state index contributed by atoms with van der Waals surface area (Å²) in [6, 6.07) is 2.24. The van der Waals surface area contributed by atoms with Crippen molar-refractivity contribution in [3.05, 3.63) is 24.3 Å². The Morgan fingerprint density at radius 2 is 2.16 bits per heavy atom. The smallest absolute Gasteiger partial charge is 0.252 e. The first kappa shape index (κ1) is 16.4. The molecule has 8 heteroatoms. The highest BCUT2D eigenvalue weighted by Crippen LogP contribution is 2.26. The number of carbonyl (C=O) groups excluding carboxylic acids is 1. The minimum absolute atomic E-state index is 0.102. The van der Waals surface area contributed by atoms with E-state index in [0.717, 1.165) is 45.8 Å². The summed E-state index contributed by atoms with van der Waals surface area (Å²) < 4.78 is 7.07. The molecule has 0 radical (unpaired) electrons. The fourth-order valence-electron chi connectivity index (χ4n) is 3.88. The second-order valence-corrected chi connectivity index (χ2v) is 6.75. The van der Waals surface area contributed by atoms with E-state index in [4.69, 9.17) is 4.74 Å². The highest BCUT2D eigenvalue weighted by atomic mass is 16.5. The van der Waals surface area contributed by atoms with E-state index in [1.54, 1.807) is 23.0 Å². The molecule has 2 atom stereocenters. The number of rotatable bonds is 4. The minimum Gasteiger partial charge on any atom is -0.379 e. The number of hydrogen-bond donors (Lipinski definition) is 0. The van der Waals surface area contributed by atoms with E-state index < -0.39 is 0 Å². The number of nitrogens with zero attached hydrogens (tertiary/aromatic N) is 6. The Morgan fingerprint density at radius 1 is 1.32 bits per heavy atom. The van der Waals surface area contributed by atoms with Crippen LogP contribution in [0.5, 0.6) is 0 Å². The average molecular weight is 344 g/mol. The van der Waals surface area contributed by atoms with Gasteiger partial charge in [0.25, 0.3) is 5.78 Å². The molecule has 2 aliphatic rings. The maximum absolute atomic E-state index is 12.8. The summed E-state index contributed by atoms with van der Waals surface area (Å²) in [6.45, 7) is 7.33. The van der Waals surface area contributed by atoms with E-state index in [1.165, 1.54) is 0 Å². The molecule has 0 unspecified atom stereocenters. The van der Waals surface area contributed by atoms with Gasteiger partial charge < -0.3 is 9.64 Å². The zero-order chi connectivity index (χ0) is 17.2. The molecule has 2 fully saturated rings. The van der Waals surface area contributed by atoms with E-state index in [-0.39, 0.29) is 12.3 Å². The second-order valence-electron chi connectivity index (χ2n) is 6.75. The lowest BCUT2D eigenvalue weighted by molar-refractivity contribution is -0.129. The van der Waals surface area contributed by atoms with Crippen LogP contribution in [0.25, 0.3) is 5.78 Å². The fraction of sp³-hybridized carbons (Fsp3) is 0.647. The quantitative estimate of drug-likeness (QED) is 0.791. The van der Waals surface area contributed by atoms with Crippen LogP contribution in [0.1, 0.15) is 19.2 Å². The van der Waals surface area contributed by atoms with Crippen LogP contribution in [0.15, 0.2) is 18.5 Å². The molecule has 0 aliphatic carbocycles. The van der Waals surface area contributed by atoms with Crippen molar-refractivity contribution < 1.29 is 9.53 Å². The summed E-state index contributed by atoms with van der Waals surface area (Å²) in [5, 5.41) is 4.34. The monoisotopic (exact) mass is 344 g/mol. The molecule has 4 heterocycles. The summed E-state index contributed by atoms with van der Waals surface area (Å²) >= 11 is 0. The number of fused-ring (bicyclic) bond motifs is 1. The molecule has 2 saturated heterocycles. The van der Waals surface area contributed by atoms with Crippen LogP contribution in [0.3, 0.4) is 0 Å². The van der Waals surface area contributed by atoms with Gasteiger partial charge in [-0.05, 0) is 12.0 Å². The van der Waals surface area contributed by atoms with E-state index in [0.29, 0.717) is 23.6 Å². The van der Waals surface area contributed by atoms with Crippen molar-refractivity contribution in [3.8, 4) is 0 Å². The molecule has 4 rings (SSSR count). The van der Waals surface area contributed by atoms with E-state index in [2.05, 4.69) is 26.9 Å². The molecule has 0 bridgehead atoms. The third kappa shape index (κ3) is 3.36. The van der Waals surface area contributed by atoms with Gasteiger partial charge in [0, 0.05) is 44.6 Å². The Hall–Kier alpha value is -2.06. The van der Waals surface area contributed by atoms with Crippen molar-refractivity contribution in [2.24, 2.45) is 5.92 Å². The highest BCUT2D eigenvalue weighted by Gasteiger charge is 2.38. The molecule has 0 N–H and O–H groups in total. The van der Waals surface area contributed by atoms with Crippen LogP contribution in [0, 0.1) is 5.92 Å². The van der Waals surface area contributed by atoms with E-state index in [9.17, 15) is 4.79 Å². The van der Waals surface area contributed by atoms with Gasteiger partial charge >= 0.3 is 0 Å². The van der Waals surface area contributed by atoms with Gasteiger partial charge in [-0.2, -0.15) is 4.98 Å². The molecule has 0 spiro atoms. The molecule has 2 aromatic heterocycles. The van der Waals surface area contributed by atoms with Gasteiger partial charge in [-0.15, -0.1) is 5.10 Å². The van der Waals surface area contributed by atoms with Crippen molar-refractivity contribution in [2.75, 3.05) is 39.4 Å². The predicted molar refractivity (Wildman–Crippen MR) is 91.0 cm³/mol. The van der Waals surface area contributed by atoms with Crippen molar-refractivity contribution >= 4 is 11.7 Å². The summed E-state index contributed by atoms with van der Waals surface area (Å²) in [4.78, 5) is 25.7. The van der Waals surface area contributed by atoms with Crippen molar-refractivity contribution in [2.45, 2.75) is 25.8 Å². The Kier molecular flexibility index (Phi) is 4.63. The first-order valence-electron chi connectivity index (χ1n) is 9.00. The van der Waals surface area contributed by atoms with E-state index in [1.807, 2.05) is 4.90 Å². The third-order valence-electron chi connectivity index (χ3n) is 5.27. The lowest BCUT2D eigenvalue weighted by Gasteiger charge is -2.34. The molecule has 8 nitrogen and oxygen atoms in total. The van der Waals surface area contributed by atoms with E-state index >= 15 is 0 Å². The van der Waals surface area contributed by atoms with Crippen molar-refractivity contribution in [3.63, 3.8) is 0 Å². The Bertz CT molecular complexity index is 709. The van der Waals surface area contributed by atoms with Gasteiger partial charge in [0.1, 0.15) is 0 Å². The molecule has 2 aromatic rings. The number of ether oxygens (including phenoxy) is 1. The summed E-state index contributed by atoms with van der Waals surface area (Å²) in [7, 11) is 0. The van der Waals surface area contributed by atoms with Gasteiger partial charge in [0.15, 0.2) is 5.82 Å². The van der Waals surface area contributed by atoms with Crippen LogP contribution in [-0.4, -0.2) is 80.7 Å². The lowest BCUT2D eigenvalue weighted by Crippen LogP contribution is -2.47. The number of aromatic nitrogens is 4. The van der Waals surface area contributed by atoms with Crippen LogP contribution in [0.4, 0.5) is 0 Å². The standard InChI is InChI=1S/C17H24N6O2/c1-2-13-11-22(12-14(13)21-6-8-25-9-7-21)16(24)10-15-19-17-18-4-3-5-23(17)20-15/h3-5,13-14H,2,6-12H2,1H3/t13-,14-/m0/s1. The molecular formula is C17H24N6O2. The van der Waals surface area contributed by atoms with Crippen LogP contribution >= 0.6 is 0 Å². The van der Waals surface area contributed by atoms with Gasteiger partial charge in [0.2, 0.25) is 5.91 Å². The molecule has 25 heavy (non-hydrogen) atoms. The first-order chi connectivity index (χ1) is 12.2. The molecule has 0 aromatic carbocycles. The Balaban J connectivity index is 1.43. The topological polar surface area (TPSA) is 75.9 Å². The number of amides is 1. The fourth-order valence-corrected chi connectivity index (χ4v) is 3.88. The molecule has 134 valence electrons. The number of hydrogen-bond acceptors (Lipinski definition) is 6. The largest absolute Gasteiger partial charge is 0.379 e. The Labute approximate surface area is 146 Å². The molecular weight excluding hydrogens is 320 g/mol. The summed E-state index contributed by atoms with van der Waals surface area (Å²) in [5.74, 6) is 1.69. The SMILES string of the molecule is CC[C@H]1CN(C(=O)Cc2nc3ncccn3n2)C[C@@H]1N1CCOCC1. The first-order valence-corrected chi connectivity index (χ1v) is 9.00. The average Bonchev–Trinajstić information content (AvgIpc) is 3.25. The van der Waals surface area contributed by atoms with Crippen LogP contribution < -0.4 is 0 Å². The molecule has 0 saturated carbocycles. The summed E-state index contributed by atoms with van der Waals surface area (Å²) in [5.41, 5.74) is 0. The van der Waals surface area contributed by atoms with Gasteiger partial charge in [-0.25, -0.2) is 9.50 Å². The number of likely N-dealkylation sites (tertiary alicyclic amines) is 1. The van der Waals surface area contributed by atoms with Crippen LogP contribution in [-0.2, 0) is 16.0 Å². The molecule has 2 aliphatic heterocycles. The van der Waals surface area contributed by atoms with Gasteiger partial charge in [-0.1, -0.05) is 13.3 Å². The zero-order valence-corrected chi connectivity index (χ0v) is 14.5. The van der Waals surface area contributed by atoms with Crippen LogP contribution in [0.2, 0.25) is 0 Å².